The molecule has 0 unspecified atom stereocenters. The maximum absolute atomic E-state index is 4.53. The zero-order valence-corrected chi connectivity index (χ0v) is 12.6. The highest BCUT2D eigenvalue weighted by molar-refractivity contribution is 9.10. The quantitative estimate of drug-likeness (QED) is 0.618. The summed E-state index contributed by atoms with van der Waals surface area (Å²) >= 11 is 5.20. The van der Waals surface area contributed by atoms with Crippen molar-refractivity contribution in [3.63, 3.8) is 0 Å². The van der Waals surface area contributed by atoms with Crippen LogP contribution in [0.3, 0.4) is 0 Å². The van der Waals surface area contributed by atoms with E-state index in [1.54, 1.807) is 11.8 Å². The molecular formula is C11H18BrN3S. The zero-order chi connectivity index (χ0) is 12.1. The predicted octanol–water partition coefficient (Wildman–Crippen LogP) is 3.02. The van der Waals surface area contributed by atoms with E-state index in [0.717, 1.165) is 27.8 Å². The van der Waals surface area contributed by atoms with Crippen LogP contribution in [0.25, 0.3) is 0 Å². The van der Waals surface area contributed by atoms with E-state index in [-0.39, 0.29) is 0 Å². The van der Waals surface area contributed by atoms with Crippen LogP contribution >= 0.6 is 27.7 Å². The fourth-order valence-electron chi connectivity index (χ4n) is 1.08. The summed E-state index contributed by atoms with van der Waals surface area (Å²) in [6, 6.07) is 1.98. The number of hydrogen-bond donors (Lipinski definition) is 0. The van der Waals surface area contributed by atoms with Crippen LogP contribution in [0.1, 0.15) is 25.6 Å². The molecule has 0 N–H and O–H groups in total. The first-order valence-electron chi connectivity index (χ1n) is 5.31. The van der Waals surface area contributed by atoms with E-state index in [4.69, 9.17) is 0 Å². The Morgan fingerprint density at radius 3 is 2.62 bits per heavy atom. The zero-order valence-electron chi connectivity index (χ0n) is 10.2. The molecule has 16 heavy (non-hydrogen) atoms. The molecule has 1 rings (SSSR count). The van der Waals surface area contributed by atoms with Crippen LogP contribution < -0.4 is 0 Å². The Morgan fingerprint density at radius 2 is 2.06 bits per heavy atom. The third-order valence-electron chi connectivity index (χ3n) is 1.99. The van der Waals surface area contributed by atoms with Gasteiger partial charge in [0, 0.05) is 24.3 Å². The van der Waals surface area contributed by atoms with Gasteiger partial charge in [-0.15, -0.1) is 11.8 Å². The van der Waals surface area contributed by atoms with Crippen molar-refractivity contribution in [2.45, 2.75) is 24.8 Å². The lowest BCUT2D eigenvalue weighted by atomic mass is 10.2. The van der Waals surface area contributed by atoms with Crippen molar-refractivity contribution in [3.05, 3.63) is 16.5 Å². The maximum Gasteiger partial charge on any atom is 0.133 e. The molecule has 0 saturated heterocycles. The standard InChI is InChI=1S/C11H18BrN3S/c1-8(2)11-13-9(12)7-10(14-11)16-6-5-15(3)4/h7-8H,5-6H2,1-4H3. The molecule has 5 heteroatoms. The molecule has 3 nitrogen and oxygen atoms in total. The SMILES string of the molecule is CC(C)c1nc(Br)cc(SCCN(C)C)n1. The highest BCUT2D eigenvalue weighted by Crippen LogP contribution is 2.21. The van der Waals surface area contributed by atoms with E-state index in [9.17, 15) is 0 Å². The number of nitrogens with zero attached hydrogens (tertiary/aromatic N) is 3. The van der Waals surface area contributed by atoms with Crippen LogP contribution in [0.4, 0.5) is 0 Å². The molecule has 0 aliphatic heterocycles. The van der Waals surface area contributed by atoms with E-state index in [1.807, 2.05) is 6.07 Å². The van der Waals surface area contributed by atoms with Crippen LogP contribution in [0.2, 0.25) is 0 Å². The first-order valence-corrected chi connectivity index (χ1v) is 7.09. The summed E-state index contributed by atoms with van der Waals surface area (Å²) in [4.78, 5) is 11.1. The van der Waals surface area contributed by atoms with Crippen molar-refractivity contribution in [1.29, 1.82) is 0 Å². The van der Waals surface area contributed by atoms with Gasteiger partial charge in [0.2, 0.25) is 0 Å². The van der Waals surface area contributed by atoms with E-state index in [1.165, 1.54) is 0 Å². The Kier molecular flexibility index (Phi) is 5.72. The third-order valence-corrected chi connectivity index (χ3v) is 3.29. The van der Waals surface area contributed by atoms with Crippen molar-refractivity contribution in [1.82, 2.24) is 14.9 Å². The van der Waals surface area contributed by atoms with Gasteiger partial charge in [-0.2, -0.15) is 0 Å². The Hall–Kier alpha value is -0.130. The summed E-state index contributed by atoms with van der Waals surface area (Å²) in [5.74, 6) is 2.32. The van der Waals surface area contributed by atoms with Gasteiger partial charge in [-0.3, -0.25) is 0 Å². The molecule has 0 atom stereocenters. The van der Waals surface area contributed by atoms with Gasteiger partial charge in [-0.25, -0.2) is 9.97 Å². The number of aromatic nitrogens is 2. The number of hydrogen-bond acceptors (Lipinski definition) is 4. The Balaban J connectivity index is 2.65. The minimum atomic E-state index is 0.366. The van der Waals surface area contributed by atoms with Crippen molar-refractivity contribution in [2.24, 2.45) is 0 Å². The highest BCUT2D eigenvalue weighted by Gasteiger charge is 2.07. The van der Waals surface area contributed by atoms with Gasteiger partial charge < -0.3 is 4.90 Å². The van der Waals surface area contributed by atoms with Gasteiger partial charge in [-0.1, -0.05) is 13.8 Å². The number of thioether (sulfide) groups is 1. The maximum atomic E-state index is 4.53. The van der Waals surface area contributed by atoms with Crippen molar-refractivity contribution in [2.75, 3.05) is 26.4 Å². The fourth-order valence-corrected chi connectivity index (χ4v) is 2.65. The molecule has 90 valence electrons. The molecule has 1 aromatic rings. The van der Waals surface area contributed by atoms with Crippen LogP contribution in [0, 0.1) is 0 Å². The van der Waals surface area contributed by atoms with E-state index in [2.05, 4.69) is 58.7 Å². The Labute approximate surface area is 110 Å². The molecule has 0 saturated carbocycles. The molecule has 1 heterocycles. The summed E-state index contributed by atoms with van der Waals surface area (Å²) in [5.41, 5.74) is 0. The Morgan fingerprint density at radius 1 is 1.38 bits per heavy atom. The highest BCUT2D eigenvalue weighted by atomic mass is 79.9. The first-order chi connectivity index (χ1) is 7.49. The second-order valence-corrected chi connectivity index (χ2v) is 6.12. The smallest absolute Gasteiger partial charge is 0.133 e. The normalized spacial score (nSPS) is 11.4. The molecule has 0 aliphatic carbocycles. The molecule has 0 bridgehead atoms. The summed E-state index contributed by atoms with van der Waals surface area (Å²) in [6.45, 7) is 5.27. The second kappa shape index (κ2) is 6.57. The van der Waals surface area contributed by atoms with Gasteiger partial charge in [0.1, 0.15) is 15.5 Å². The molecule has 1 aromatic heterocycles. The van der Waals surface area contributed by atoms with Crippen LogP contribution in [0.15, 0.2) is 15.7 Å². The van der Waals surface area contributed by atoms with Gasteiger partial charge in [0.15, 0.2) is 0 Å². The van der Waals surface area contributed by atoms with Crippen LogP contribution in [-0.4, -0.2) is 41.3 Å². The van der Waals surface area contributed by atoms with Crippen molar-refractivity contribution < 1.29 is 0 Å². The topological polar surface area (TPSA) is 29.0 Å². The summed E-state index contributed by atoms with van der Waals surface area (Å²) < 4.78 is 0.874. The fraction of sp³-hybridized carbons (Fsp3) is 0.636. The molecule has 0 aliphatic rings. The summed E-state index contributed by atoms with van der Waals surface area (Å²) in [6.07, 6.45) is 0. The van der Waals surface area contributed by atoms with Crippen molar-refractivity contribution in [3.8, 4) is 0 Å². The Bertz CT molecular complexity index is 342. The number of rotatable bonds is 5. The lowest BCUT2D eigenvalue weighted by Gasteiger charge is -2.10. The average Bonchev–Trinajstić information content (AvgIpc) is 2.16. The lowest BCUT2D eigenvalue weighted by molar-refractivity contribution is 0.437. The molecule has 0 fully saturated rings. The van der Waals surface area contributed by atoms with Crippen LogP contribution in [0.5, 0.6) is 0 Å². The van der Waals surface area contributed by atoms with E-state index >= 15 is 0 Å². The second-order valence-electron chi connectivity index (χ2n) is 4.19. The van der Waals surface area contributed by atoms with Gasteiger partial charge in [0.25, 0.3) is 0 Å². The van der Waals surface area contributed by atoms with Gasteiger partial charge >= 0.3 is 0 Å². The van der Waals surface area contributed by atoms with Crippen LogP contribution in [-0.2, 0) is 0 Å². The largest absolute Gasteiger partial charge is 0.309 e. The van der Waals surface area contributed by atoms with E-state index < -0.39 is 0 Å². The molecule has 0 spiro atoms. The molecular weight excluding hydrogens is 286 g/mol. The lowest BCUT2D eigenvalue weighted by Crippen LogP contribution is -2.14. The van der Waals surface area contributed by atoms with Crippen molar-refractivity contribution >= 4 is 27.7 Å². The van der Waals surface area contributed by atoms with Gasteiger partial charge in [0.05, 0.1) is 0 Å². The van der Waals surface area contributed by atoms with Gasteiger partial charge in [-0.05, 0) is 30.0 Å². The monoisotopic (exact) mass is 303 g/mol. The molecule has 0 radical (unpaired) electrons. The third kappa shape index (κ3) is 4.80. The summed E-state index contributed by atoms with van der Waals surface area (Å²) in [7, 11) is 4.16. The minimum Gasteiger partial charge on any atom is -0.309 e. The molecule has 0 amide bonds. The molecule has 0 aromatic carbocycles. The predicted molar refractivity (Wildman–Crippen MR) is 73.1 cm³/mol. The first kappa shape index (κ1) is 13.9. The minimum absolute atomic E-state index is 0.366. The summed E-state index contributed by atoms with van der Waals surface area (Å²) in [5, 5.41) is 1.05. The number of halogens is 1. The average molecular weight is 304 g/mol. The van der Waals surface area contributed by atoms with E-state index in [0.29, 0.717) is 5.92 Å².